The lowest BCUT2D eigenvalue weighted by molar-refractivity contribution is -0.137. The molecule has 0 fully saturated rings. The van der Waals surface area contributed by atoms with E-state index in [1.807, 2.05) is 5.32 Å². The van der Waals surface area contributed by atoms with Crippen molar-refractivity contribution in [3.05, 3.63) is 29.3 Å². The monoisotopic (exact) mass is 337 g/mol. The zero-order valence-corrected chi connectivity index (χ0v) is 12.9. The number of amides is 1. The number of rotatable bonds is 3. The summed E-state index contributed by atoms with van der Waals surface area (Å²) in [5, 5.41) is 2.04. The maximum Gasteiger partial charge on any atom is 0.418 e. The topological polar surface area (TPSA) is 55.4 Å². The number of nitrogens with one attached hydrogen (secondary N) is 1. The van der Waals surface area contributed by atoms with Gasteiger partial charge in [0.1, 0.15) is 11.5 Å². The summed E-state index contributed by atoms with van der Waals surface area (Å²) in [5.74, 6) is -2.14. The minimum absolute atomic E-state index is 0.258. The number of benzene rings is 1. The SMILES string of the molecule is CC(C)(C)OC(=O)c1ccc(NC(=O)CCl)c(C(F)(F)F)c1. The number of anilines is 1. The van der Waals surface area contributed by atoms with Gasteiger partial charge in [-0.15, -0.1) is 11.6 Å². The van der Waals surface area contributed by atoms with E-state index in [2.05, 4.69) is 0 Å². The van der Waals surface area contributed by atoms with E-state index in [0.717, 1.165) is 12.1 Å². The molecule has 0 aliphatic rings. The molecular weight excluding hydrogens is 323 g/mol. The molecule has 0 heterocycles. The molecule has 4 nitrogen and oxygen atoms in total. The van der Waals surface area contributed by atoms with Gasteiger partial charge in [0.2, 0.25) is 5.91 Å². The summed E-state index contributed by atoms with van der Waals surface area (Å²) >= 11 is 5.26. The second kappa shape index (κ2) is 6.56. The minimum Gasteiger partial charge on any atom is -0.456 e. The van der Waals surface area contributed by atoms with E-state index < -0.39 is 40.8 Å². The van der Waals surface area contributed by atoms with Crippen molar-refractivity contribution in [3.63, 3.8) is 0 Å². The van der Waals surface area contributed by atoms with Crippen LogP contribution in [-0.2, 0) is 15.7 Å². The van der Waals surface area contributed by atoms with Crippen molar-refractivity contribution in [1.29, 1.82) is 0 Å². The molecule has 1 N–H and O–H groups in total. The predicted molar refractivity (Wildman–Crippen MR) is 76.0 cm³/mol. The van der Waals surface area contributed by atoms with Gasteiger partial charge in [0.25, 0.3) is 0 Å². The third-order valence-corrected chi connectivity index (χ3v) is 2.60. The predicted octanol–water partition coefficient (Wildman–Crippen LogP) is 3.84. The van der Waals surface area contributed by atoms with Crippen LogP contribution in [0.3, 0.4) is 0 Å². The lowest BCUT2D eigenvalue weighted by atomic mass is 10.1. The van der Waals surface area contributed by atoms with Crippen LogP contribution >= 0.6 is 11.6 Å². The van der Waals surface area contributed by atoms with Gasteiger partial charge in [0, 0.05) is 0 Å². The van der Waals surface area contributed by atoms with Crippen LogP contribution in [0.5, 0.6) is 0 Å². The molecule has 122 valence electrons. The molecule has 0 saturated heterocycles. The molecule has 0 unspecified atom stereocenters. The van der Waals surface area contributed by atoms with Crippen LogP contribution in [0.2, 0.25) is 0 Å². The summed E-state index contributed by atoms with van der Waals surface area (Å²) in [5.41, 5.74) is -2.70. The number of ether oxygens (including phenoxy) is 1. The van der Waals surface area contributed by atoms with Crippen LogP contribution in [0.4, 0.5) is 18.9 Å². The summed E-state index contributed by atoms with van der Waals surface area (Å²) < 4.78 is 44.2. The van der Waals surface area contributed by atoms with Gasteiger partial charge in [0.05, 0.1) is 16.8 Å². The van der Waals surface area contributed by atoms with Gasteiger partial charge in [-0.25, -0.2) is 4.79 Å². The van der Waals surface area contributed by atoms with Crippen LogP contribution in [0.25, 0.3) is 0 Å². The number of esters is 1. The first kappa shape index (κ1) is 18.3. The molecule has 0 aromatic heterocycles. The minimum atomic E-state index is -4.74. The standard InChI is InChI=1S/C14H15ClF3NO3/c1-13(2,3)22-12(21)8-4-5-10(19-11(20)7-15)9(6-8)14(16,17)18/h4-6H,7H2,1-3H3,(H,19,20). The van der Waals surface area contributed by atoms with Gasteiger partial charge in [-0.3, -0.25) is 4.79 Å². The Morgan fingerprint density at radius 3 is 2.27 bits per heavy atom. The van der Waals surface area contributed by atoms with Gasteiger partial charge in [-0.05, 0) is 39.0 Å². The van der Waals surface area contributed by atoms with Gasteiger partial charge in [0.15, 0.2) is 0 Å². The van der Waals surface area contributed by atoms with Crippen LogP contribution in [-0.4, -0.2) is 23.4 Å². The molecule has 0 radical (unpaired) electrons. The van der Waals surface area contributed by atoms with Crippen molar-refractivity contribution in [2.45, 2.75) is 32.5 Å². The molecular formula is C14H15ClF3NO3. The van der Waals surface area contributed by atoms with Crippen LogP contribution in [0.15, 0.2) is 18.2 Å². The number of carbonyl (C=O) groups is 2. The third-order valence-electron chi connectivity index (χ3n) is 2.36. The number of carbonyl (C=O) groups excluding carboxylic acids is 2. The molecule has 0 atom stereocenters. The third kappa shape index (κ3) is 5.22. The van der Waals surface area contributed by atoms with Gasteiger partial charge < -0.3 is 10.1 Å². The molecule has 22 heavy (non-hydrogen) atoms. The molecule has 0 aliphatic heterocycles. The van der Waals surface area contributed by atoms with Crippen molar-refractivity contribution < 1.29 is 27.5 Å². The lowest BCUT2D eigenvalue weighted by Crippen LogP contribution is -2.24. The van der Waals surface area contributed by atoms with Crippen LogP contribution in [0, 0.1) is 0 Å². The summed E-state index contributed by atoms with van der Waals surface area (Å²) in [6.07, 6.45) is -4.74. The molecule has 1 aromatic carbocycles. The van der Waals surface area contributed by atoms with E-state index in [0.29, 0.717) is 6.07 Å². The second-order valence-corrected chi connectivity index (χ2v) is 5.71. The normalized spacial score (nSPS) is 12.0. The first-order chi connectivity index (χ1) is 9.94. The highest BCUT2D eigenvalue weighted by Gasteiger charge is 2.35. The zero-order chi connectivity index (χ0) is 17.1. The number of hydrogen-bond acceptors (Lipinski definition) is 3. The van der Waals surface area contributed by atoms with Crippen molar-refractivity contribution >= 4 is 29.2 Å². The average molecular weight is 338 g/mol. The Balaban J connectivity index is 3.20. The molecule has 1 rings (SSSR count). The van der Waals surface area contributed by atoms with Crippen molar-refractivity contribution in [1.82, 2.24) is 0 Å². The van der Waals surface area contributed by atoms with E-state index in [9.17, 15) is 22.8 Å². The van der Waals surface area contributed by atoms with E-state index in [-0.39, 0.29) is 5.56 Å². The molecule has 1 aromatic rings. The van der Waals surface area contributed by atoms with Gasteiger partial charge in [-0.1, -0.05) is 0 Å². The second-order valence-electron chi connectivity index (χ2n) is 5.44. The molecule has 0 bridgehead atoms. The Morgan fingerprint density at radius 1 is 1.23 bits per heavy atom. The van der Waals surface area contributed by atoms with Crippen molar-refractivity contribution in [2.24, 2.45) is 0 Å². The van der Waals surface area contributed by atoms with Gasteiger partial charge >= 0.3 is 12.1 Å². The first-order valence-electron chi connectivity index (χ1n) is 6.24. The van der Waals surface area contributed by atoms with Crippen LogP contribution in [0.1, 0.15) is 36.7 Å². The lowest BCUT2D eigenvalue weighted by Gasteiger charge is -2.20. The Hall–Kier alpha value is -1.76. The van der Waals surface area contributed by atoms with E-state index in [1.165, 1.54) is 0 Å². The van der Waals surface area contributed by atoms with E-state index >= 15 is 0 Å². The van der Waals surface area contributed by atoms with Crippen LogP contribution < -0.4 is 5.32 Å². The van der Waals surface area contributed by atoms with Crippen molar-refractivity contribution in [3.8, 4) is 0 Å². The Kier molecular flexibility index (Phi) is 5.45. The fourth-order valence-corrected chi connectivity index (χ4v) is 1.60. The van der Waals surface area contributed by atoms with Crippen molar-refractivity contribution in [2.75, 3.05) is 11.2 Å². The summed E-state index contributed by atoms with van der Waals surface area (Å²) in [4.78, 5) is 23.0. The molecule has 1 amide bonds. The molecule has 0 aliphatic carbocycles. The Bertz CT molecular complexity index is 580. The molecule has 8 heteroatoms. The highest BCUT2D eigenvalue weighted by Crippen LogP contribution is 2.35. The Morgan fingerprint density at radius 2 is 1.82 bits per heavy atom. The summed E-state index contributed by atoms with van der Waals surface area (Å²) in [6.45, 7) is 4.81. The highest BCUT2D eigenvalue weighted by molar-refractivity contribution is 6.29. The smallest absolute Gasteiger partial charge is 0.418 e. The maximum absolute atomic E-state index is 13.0. The highest BCUT2D eigenvalue weighted by atomic mass is 35.5. The van der Waals surface area contributed by atoms with E-state index in [1.54, 1.807) is 20.8 Å². The molecule has 0 spiro atoms. The average Bonchev–Trinajstić information content (AvgIpc) is 2.35. The fraction of sp³-hybridized carbons (Fsp3) is 0.429. The number of alkyl halides is 4. The number of halogens is 4. The maximum atomic E-state index is 13.0. The summed E-state index contributed by atoms with van der Waals surface area (Å²) in [6, 6.07) is 2.78. The first-order valence-corrected chi connectivity index (χ1v) is 6.78. The zero-order valence-electron chi connectivity index (χ0n) is 12.2. The Labute approximate surface area is 130 Å². The molecule has 0 saturated carbocycles. The number of hydrogen-bond donors (Lipinski definition) is 1. The quantitative estimate of drug-likeness (QED) is 0.673. The summed E-state index contributed by atoms with van der Waals surface area (Å²) in [7, 11) is 0. The fourth-order valence-electron chi connectivity index (χ4n) is 1.54. The largest absolute Gasteiger partial charge is 0.456 e. The van der Waals surface area contributed by atoms with Gasteiger partial charge in [-0.2, -0.15) is 13.2 Å². The van der Waals surface area contributed by atoms with E-state index in [4.69, 9.17) is 16.3 Å².